The van der Waals surface area contributed by atoms with Crippen LogP contribution in [0.15, 0.2) is 48.5 Å². The van der Waals surface area contributed by atoms with E-state index in [0.29, 0.717) is 12.1 Å². The fourth-order valence-electron chi connectivity index (χ4n) is 1.70. The molecule has 100 valence electrons. The van der Waals surface area contributed by atoms with E-state index < -0.39 is 0 Å². The minimum Gasteiger partial charge on any atom is -0.322 e. The molecule has 0 unspecified atom stereocenters. The van der Waals surface area contributed by atoms with Gasteiger partial charge < -0.3 is 11.1 Å². The van der Waals surface area contributed by atoms with Crippen molar-refractivity contribution in [1.29, 1.82) is 0 Å². The maximum absolute atomic E-state index is 12.0. The van der Waals surface area contributed by atoms with Gasteiger partial charge in [0.05, 0.1) is 6.54 Å². The van der Waals surface area contributed by atoms with E-state index in [-0.39, 0.29) is 5.91 Å². The van der Waals surface area contributed by atoms with Crippen molar-refractivity contribution in [1.82, 2.24) is 0 Å². The van der Waals surface area contributed by atoms with Crippen LogP contribution in [-0.4, -0.2) is 12.5 Å². The number of carbonyl (C=O) groups excluding carboxylic acids is 1. The van der Waals surface area contributed by atoms with Crippen molar-refractivity contribution in [3.63, 3.8) is 0 Å². The van der Waals surface area contributed by atoms with Crippen molar-refractivity contribution in [2.24, 2.45) is 5.73 Å². The van der Waals surface area contributed by atoms with E-state index in [0.717, 1.165) is 16.8 Å². The highest BCUT2D eigenvalue weighted by Crippen LogP contribution is 2.11. The molecular weight excluding hydrogens is 248 g/mol. The Hall–Kier alpha value is -2.57. The zero-order chi connectivity index (χ0) is 14.4. The Morgan fingerprint density at radius 1 is 1.10 bits per heavy atom. The van der Waals surface area contributed by atoms with Crippen LogP contribution in [0.1, 0.15) is 21.5 Å². The first-order valence-corrected chi connectivity index (χ1v) is 6.36. The number of hydrogen-bond donors (Lipinski definition) is 2. The molecule has 0 aliphatic rings. The van der Waals surface area contributed by atoms with Crippen molar-refractivity contribution < 1.29 is 4.79 Å². The molecule has 0 aromatic heterocycles. The molecule has 0 saturated heterocycles. The highest BCUT2D eigenvalue weighted by atomic mass is 16.1. The Morgan fingerprint density at radius 3 is 2.35 bits per heavy atom. The zero-order valence-electron chi connectivity index (χ0n) is 11.3. The topological polar surface area (TPSA) is 55.1 Å². The summed E-state index contributed by atoms with van der Waals surface area (Å²) in [6, 6.07) is 14.8. The molecule has 0 aliphatic heterocycles. The van der Waals surface area contributed by atoms with Crippen LogP contribution in [0.4, 0.5) is 5.69 Å². The van der Waals surface area contributed by atoms with Crippen molar-refractivity contribution in [2.45, 2.75) is 6.92 Å². The van der Waals surface area contributed by atoms with Crippen molar-refractivity contribution >= 4 is 11.6 Å². The van der Waals surface area contributed by atoms with Crippen LogP contribution >= 0.6 is 0 Å². The molecule has 2 aromatic rings. The summed E-state index contributed by atoms with van der Waals surface area (Å²) in [7, 11) is 0. The maximum atomic E-state index is 12.0. The molecule has 3 nitrogen and oxygen atoms in total. The van der Waals surface area contributed by atoms with Gasteiger partial charge >= 0.3 is 0 Å². The van der Waals surface area contributed by atoms with E-state index in [4.69, 9.17) is 5.73 Å². The number of hydrogen-bond acceptors (Lipinski definition) is 2. The summed E-state index contributed by atoms with van der Waals surface area (Å²) in [5.74, 6) is 5.60. The van der Waals surface area contributed by atoms with Gasteiger partial charge in [0.15, 0.2) is 0 Å². The summed E-state index contributed by atoms with van der Waals surface area (Å²) in [6.07, 6.45) is 0. The Bertz CT molecular complexity index is 646. The predicted octanol–water partition coefficient (Wildman–Crippen LogP) is 2.56. The Morgan fingerprint density at radius 2 is 1.75 bits per heavy atom. The standard InChI is InChI=1S/C17H16N2O/c1-13-4-8-15(9-5-13)17(20)19-16-10-6-14(7-11-16)3-2-12-18/h4-11H,12,18H2,1H3,(H,19,20). The molecule has 20 heavy (non-hydrogen) atoms. The van der Waals surface area contributed by atoms with Crippen molar-refractivity contribution in [3.8, 4) is 11.8 Å². The number of nitrogens with two attached hydrogens (primary N) is 1. The van der Waals surface area contributed by atoms with E-state index in [1.807, 2.05) is 55.5 Å². The molecule has 2 rings (SSSR count). The van der Waals surface area contributed by atoms with Crippen molar-refractivity contribution in [2.75, 3.05) is 11.9 Å². The number of nitrogens with one attached hydrogen (secondary N) is 1. The van der Waals surface area contributed by atoms with Crippen LogP contribution < -0.4 is 11.1 Å². The molecule has 0 radical (unpaired) electrons. The predicted molar refractivity (Wildman–Crippen MR) is 81.5 cm³/mol. The lowest BCUT2D eigenvalue weighted by Gasteiger charge is -2.05. The highest BCUT2D eigenvalue weighted by molar-refractivity contribution is 6.04. The van der Waals surface area contributed by atoms with Crippen molar-refractivity contribution in [3.05, 3.63) is 65.2 Å². The summed E-state index contributed by atoms with van der Waals surface area (Å²) in [4.78, 5) is 12.0. The zero-order valence-corrected chi connectivity index (χ0v) is 11.3. The number of amides is 1. The van der Waals surface area contributed by atoms with Gasteiger partial charge in [0, 0.05) is 16.8 Å². The van der Waals surface area contributed by atoms with Crippen LogP contribution in [0, 0.1) is 18.8 Å². The van der Waals surface area contributed by atoms with Gasteiger partial charge in [-0.3, -0.25) is 4.79 Å². The number of rotatable bonds is 2. The molecule has 0 atom stereocenters. The summed E-state index contributed by atoms with van der Waals surface area (Å²) < 4.78 is 0. The molecule has 0 spiro atoms. The van der Waals surface area contributed by atoms with E-state index in [1.165, 1.54) is 0 Å². The second-order valence-electron chi connectivity index (χ2n) is 4.40. The first-order valence-electron chi connectivity index (χ1n) is 6.36. The van der Waals surface area contributed by atoms with E-state index in [9.17, 15) is 4.79 Å². The number of carbonyl (C=O) groups is 1. The van der Waals surface area contributed by atoms with Crippen LogP contribution in [-0.2, 0) is 0 Å². The average Bonchev–Trinajstić information content (AvgIpc) is 2.47. The molecule has 3 N–H and O–H groups in total. The fourth-order valence-corrected chi connectivity index (χ4v) is 1.70. The first-order chi connectivity index (χ1) is 9.69. The lowest BCUT2D eigenvalue weighted by atomic mass is 10.1. The van der Waals surface area contributed by atoms with Gasteiger partial charge in [0.2, 0.25) is 0 Å². The summed E-state index contributed by atoms with van der Waals surface area (Å²) in [5, 5.41) is 2.85. The minimum atomic E-state index is -0.120. The largest absolute Gasteiger partial charge is 0.322 e. The third-order valence-electron chi connectivity index (χ3n) is 2.79. The van der Waals surface area contributed by atoms with Gasteiger partial charge in [-0.2, -0.15) is 0 Å². The third kappa shape index (κ3) is 3.71. The third-order valence-corrected chi connectivity index (χ3v) is 2.79. The number of anilines is 1. The second kappa shape index (κ2) is 6.55. The van der Waals surface area contributed by atoms with Crippen LogP contribution in [0.3, 0.4) is 0 Å². The fraction of sp³-hybridized carbons (Fsp3) is 0.118. The average molecular weight is 264 g/mol. The van der Waals surface area contributed by atoms with Gasteiger partial charge in [-0.05, 0) is 43.3 Å². The maximum Gasteiger partial charge on any atom is 0.255 e. The molecule has 0 heterocycles. The SMILES string of the molecule is Cc1ccc(C(=O)Nc2ccc(C#CCN)cc2)cc1. The molecule has 0 fully saturated rings. The molecule has 1 amide bonds. The Kier molecular flexibility index (Phi) is 4.54. The van der Waals surface area contributed by atoms with Gasteiger partial charge in [0.25, 0.3) is 5.91 Å². The second-order valence-corrected chi connectivity index (χ2v) is 4.40. The lowest BCUT2D eigenvalue weighted by Crippen LogP contribution is -2.11. The normalized spacial score (nSPS) is 9.50. The van der Waals surface area contributed by atoms with Gasteiger partial charge in [0.1, 0.15) is 0 Å². The molecule has 2 aromatic carbocycles. The quantitative estimate of drug-likeness (QED) is 0.819. The Balaban J connectivity index is 2.06. The highest BCUT2D eigenvalue weighted by Gasteiger charge is 2.05. The minimum absolute atomic E-state index is 0.120. The van der Waals surface area contributed by atoms with Crippen LogP contribution in [0.25, 0.3) is 0 Å². The molecule has 0 bridgehead atoms. The van der Waals surface area contributed by atoms with Crippen LogP contribution in [0.5, 0.6) is 0 Å². The summed E-state index contributed by atoms with van der Waals surface area (Å²) in [6.45, 7) is 2.33. The van der Waals surface area contributed by atoms with Crippen LogP contribution in [0.2, 0.25) is 0 Å². The monoisotopic (exact) mass is 264 g/mol. The molecule has 3 heteroatoms. The Labute approximate surface area is 118 Å². The van der Waals surface area contributed by atoms with Gasteiger partial charge in [-0.15, -0.1) is 0 Å². The molecule has 0 aliphatic carbocycles. The summed E-state index contributed by atoms with van der Waals surface area (Å²) >= 11 is 0. The smallest absolute Gasteiger partial charge is 0.255 e. The van der Waals surface area contributed by atoms with E-state index in [2.05, 4.69) is 17.2 Å². The lowest BCUT2D eigenvalue weighted by molar-refractivity contribution is 0.102. The molecule has 0 saturated carbocycles. The number of aryl methyl sites for hydroxylation is 1. The van der Waals surface area contributed by atoms with Gasteiger partial charge in [-0.1, -0.05) is 29.5 Å². The summed E-state index contributed by atoms with van der Waals surface area (Å²) in [5.41, 5.74) is 8.71. The number of benzene rings is 2. The first kappa shape index (κ1) is 13.9. The van der Waals surface area contributed by atoms with E-state index >= 15 is 0 Å². The molecular formula is C17H16N2O. The van der Waals surface area contributed by atoms with Gasteiger partial charge in [-0.25, -0.2) is 0 Å². The van der Waals surface area contributed by atoms with E-state index in [1.54, 1.807) is 0 Å².